The smallest absolute Gasteiger partial charge is 0.140 e. The van der Waals surface area contributed by atoms with Crippen molar-refractivity contribution in [3.05, 3.63) is 54.1 Å². The summed E-state index contributed by atoms with van der Waals surface area (Å²) in [5.74, 6) is 0.845. The number of nitrogens with zero attached hydrogens (tertiary/aromatic N) is 2. The predicted octanol–water partition coefficient (Wildman–Crippen LogP) is 1.95. The van der Waals surface area contributed by atoms with Crippen molar-refractivity contribution in [3.8, 4) is 5.75 Å². The molecule has 2 rings (SSSR count). The molecule has 0 bridgehead atoms. The fraction of sp³-hybridized carbons (Fsp3) is 0.286. The highest BCUT2D eigenvalue weighted by molar-refractivity contribution is 5.25. The van der Waals surface area contributed by atoms with E-state index in [2.05, 4.69) is 15.3 Å². The number of ether oxygens (including phenoxy) is 1. The highest BCUT2D eigenvalue weighted by Gasteiger charge is 1.98. The standard InChI is InChI=1S/C14H17N3O/c1-12-14(6-4-8-16-12)18-10-9-15-11-13-5-2-3-7-17-13/h2-8,15H,9-11H2,1H3. The molecule has 2 aromatic heterocycles. The number of nitrogens with one attached hydrogen (secondary N) is 1. The van der Waals surface area contributed by atoms with E-state index in [0.717, 1.165) is 30.2 Å². The van der Waals surface area contributed by atoms with Crippen molar-refractivity contribution in [3.63, 3.8) is 0 Å². The summed E-state index contributed by atoms with van der Waals surface area (Å²) in [5.41, 5.74) is 1.96. The second-order valence-corrected chi connectivity index (χ2v) is 3.93. The minimum absolute atomic E-state index is 0.624. The van der Waals surface area contributed by atoms with Gasteiger partial charge in [-0.1, -0.05) is 6.07 Å². The molecule has 0 aliphatic rings. The van der Waals surface area contributed by atoms with Crippen molar-refractivity contribution < 1.29 is 4.74 Å². The summed E-state index contributed by atoms with van der Waals surface area (Å²) in [4.78, 5) is 8.41. The normalized spacial score (nSPS) is 10.3. The van der Waals surface area contributed by atoms with Gasteiger partial charge in [0, 0.05) is 25.5 Å². The first-order valence-corrected chi connectivity index (χ1v) is 6.01. The fourth-order valence-electron chi connectivity index (χ4n) is 1.57. The average molecular weight is 243 g/mol. The van der Waals surface area contributed by atoms with E-state index in [9.17, 15) is 0 Å². The second-order valence-electron chi connectivity index (χ2n) is 3.93. The Kier molecular flexibility index (Phi) is 4.67. The van der Waals surface area contributed by atoms with E-state index in [0.29, 0.717) is 6.61 Å². The molecule has 0 amide bonds. The van der Waals surface area contributed by atoms with Crippen LogP contribution < -0.4 is 10.1 Å². The van der Waals surface area contributed by atoms with Crippen LogP contribution in [0.15, 0.2) is 42.7 Å². The van der Waals surface area contributed by atoms with Crippen LogP contribution in [0.1, 0.15) is 11.4 Å². The van der Waals surface area contributed by atoms with Crippen LogP contribution in [-0.2, 0) is 6.54 Å². The molecule has 18 heavy (non-hydrogen) atoms. The number of hydrogen-bond acceptors (Lipinski definition) is 4. The van der Waals surface area contributed by atoms with Crippen molar-refractivity contribution in [2.24, 2.45) is 0 Å². The van der Waals surface area contributed by atoms with E-state index in [1.165, 1.54) is 0 Å². The largest absolute Gasteiger partial charge is 0.490 e. The Bertz CT molecular complexity index is 473. The zero-order chi connectivity index (χ0) is 12.6. The lowest BCUT2D eigenvalue weighted by Crippen LogP contribution is -2.21. The number of hydrogen-bond donors (Lipinski definition) is 1. The van der Waals surface area contributed by atoms with Crippen LogP contribution in [0.2, 0.25) is 0 Å². The summed E-state index contributed by atoms with van der Waals surface area (Å²) in [6.45, 7) is 4.11. The average Bonchev–Trinajstić information content (AvgIpc) is 2.42. The number of pyridine rings is 2. The van der Waals surface area contributed by atoms with Gasteiger partial charge in [0.2, 0.25) is 0 Å². The molecule has 94 valence electrons. The Hall–Kier alpha value is -1.94. The fourth-order valence-corrected chi connectivity index (χ4v) is 1.57. The van der Waals surface area contributed by atoms with Gasteiger partial charge >= 0.3 is 0 Å². The molecule has 0 spiro atoms. The summed E-state index contributed by atoms with van der Waals surface area (Å²) in [5, 5.41) is 3.28. The summed E-state index contributed by atoms with van der Waals surface area (Å²) in [6.07, 6.45) is 3.56. The molecule has 4 nitrogen and oxygen atoms in total. The molecule has 2 aromatic rings. The molecular weight excluding hydrogens is 226 g/mol. The van der Waals surface area contributed by atoms with Gasteiger partial charge in [0.25, 0.3) is 0 Å². The predicted molar refractivity (Wildman–Crippen MR) is 70.4 cm³/mol. The Morgan fingerprint density at radius 1 is 1.11 bits per heavy atom. The molecule has 0 unspecified atom stereocenters. The zero-order valence-electron chi connectivity index (χ0n) is 10.5. The Balaban J connectivity index is 1.66. The third kappa shape index (κ3) is 3.82. The molecule has 0 saturated heterocycles. The van der Waals surface area contributed by atoms with Gasteiger partial charge in [-0.05, 0) is 31.2 Å². The number of aromatic nitrogens is 2. The van der Waals surface area contributed by atoms with Crippen molar-refractivity contribution in [2.75, 3.05) is 13.2 Å². The van der Waals surface area contributed by atoms with E-state index in [1.807, 2.05) is 37.3 Å². The van der Waals surface area contributed by atoms with E-state index >= 15 is 0 Å². The highest BCUT2D eigenvalue weighted by atomic mass is 16.5. The number of aryl methyl sites for hydroxylation is 1. The lowest BCUT2D eigenvalue weighted by atomic mass is 10.3. The maximum absolute atomic E-state index is 5.63. The lowest BCUT2D eigenvalue weighted by Gasteiger charge is -2.08. The summed E-state index contributed by atoms with van der Waals surface area (Å²) >= 11 is 0. The van der Waals surface area contributed by atoms with E-state index in [-0.39, 0.29) is 0 Å². The zero-order valence-corrected chi connectivity index (χ0v) is 10.5. The first kappa shape index (κ1) is 12.5. The van der Waals surface area contributed by atoms with Crippen LogP contribution in [-0.4, -0.2) is 23.1 Å². The summed E-state index contributed by atoms with van der Waals surface area (Å²) < 4.78 is 5.63. The van der Waals surface area contributed by atoms with Crippen LogP contribution in [0.25, 0.3) is 0 Å². The van der Waals surface area contributed by atoms with E-state index in [4.69, 9.17) is 4.74 Å². The maximum Gasteiger partial charge on any atom is 0.140 e. The van der Waals surface area contributed by atoms with Gasteiger partial charge in [0.15, 0.2) is 0 Å². The van der Waals surface area contributed by atoms with Crippen molar-refractivity contribution in [2.45, 2.75) is 13.5 Å². The lowest BCUT2D eigenvalue weighted by molar-refractivity contribution is 0.310. The van der Waals surface area contributed by atoms with Gasteiger partial charge in [-0.25, -0.2) is 0 Å². The van der Waals surface area contributed by atoms with Crippen LogP contribution >= 0.6 is 0 Å². The number of rotatable bonds is 6. The topological polar surface area (TPSA) is 47.0 Å². The van der Waals surface area contributed by atoms with Crippen molar-refractivity contribution in [1.29, 1.82) is 0 Å². The molecule has 2 heterocycles. The monoisotopic (exact) mass is 243 g/mol. The third-order valence-corrected chi connectivity index (χ3v) is 2.53. The maximum atomic E-state index is 5.63. The van der Waals surface area contributed by atoms with Gasteiger partial charge in [-0.3, -0.25) is 9.97 Å². The van der Waals surface area contributed by atoms with Crippen LogP contribution in [0.4, 0.5) is 0 Å². The molecule has 0 aliphatic heterocycles. The second kappa shape index (κ2) is 6.71. The Morgan fingerprint density at radius 2 is 2.00 bits per heavy atom. The molecule has 0 atom stereocenters. The van der Waals surface area contributed by atoms with E-state index < -0.39 is 0 Å². The van der Waals surface area contributed by atoms with Crippen LogP contribution in [0.3, 0.4) is 0 Å². The molecule has 1 N–H and O–H groups in total. The quantitative estimate of drug-likeness (QED) is 0.788. The van der Waals surface area contributed by atoms with Gasteiger partial charge in [-0.15, -0.1) is 0 Å². The van der Waals surface area contributed by atoms with Gasteiger partial charge in [0.05, 0.1) is 11.4 Å². The van der Waals surface area contributed by atoms with Gasteiger partial charge in [0.1, 0.15) is 12.4 Å². The first-order chi connectivity index (χ1) is 8.86. The Morgan fingerprint density at radius 3 is 2.78 bits per heavy atom. The Labute approximate surface area is 107 Å². The molecule has 0 aliphatic carbocycles. The van der Waals surface area contributed by atoms with Crippen LogP contribution in [0.5, 0.6) is 5.75 Å². The van der Waals surface area contributed by atoms with Crippen molar-refractivity contribution in [1.82, 2.24) is 15.3 Å². The third-order valence-electron chi connectivity index (χ3n) is 2.53. The molecule has 0 aromatic carbocycles. The van der Waals surface area contributed by atoms with Crippen LogP contribution in [0, 0.1) is 6.92 Å². The highest BCUT2D eigenvalue weighted by Crippen LogP contribution is 2.12. The van der Waals surface area contributed by atoms with Gasteiger partial charge < -0.3 is 10.1 Å². The molecule has 0 saturated carbocycles. The summed E-state index contributed by atoms with van der Waals surface area (Å²) in [7, 11) is 0. The molecular formula is C14H17N3O. The molecule has 4 heteroatoms. The van der Waals surface area contributed by atoms with Crippen molar-refractivity contribution >= 4 is 0 Å². The summed E-state index contributed by atoms with van der Waals surface area (Å²) in [6, 6.07) is 9.71. The minimum atomic E-state index is 0.624. The molecule has 0 fully saturated rings. The SMILES string of the molecule is Cc1ncccc1OCCNCc1ccccn1. The van der Waals surface area contributed by atoms with Gasteiger partial charge in [-0.2, -0.15) is 0 Å². The first-order valence-electron chi connectivity index (χ1n) is 6.01. The van der Waals surface area contributed by atoms with E-state index in [1.54, 1.807) is 12.4 Å². The molecule has 0 radical (unpaired) electrons. The minimum Gasteiger partial charge on any atom is -0.490 e.